The molecule has 0 saturated heterocycles. The van der Waals surface area contributed by atoms with E-state index in [1.54, 1.807) is 0 Å². The molecule has 0 aromatic heterocycles. The van der Waals surface area contributed by atoms with Gasteiger partial charge in [-0.25, -0.2) is 0 Å². The molecule has 90 valence electrons. The Labute approximate surface area is 99.6 Å². The zero-order chi connectivity index (χ0) is 12.2. The summed E-state index contributed by atoms with van der Waals surface area (Å²) in [6, 6.07) is 0. The fourth-order valence-electron chi connectivity index (χ4n) is 2.12. The summed E-state index contributed by atoms with van der Waals surface area (Å²) in [7, 11) is 0. The molecule has 1 aliphatic rings. The Hall–Kier alpha value is -0.820. The van der Waals surface area contributed by atoms with Crippen molar-refractivity contribution in [1.82, 2.24) is 0 Å². The molecule has 16 heavy (non-hydrogen) atoms. The normalized spacial score (nSPS) is 21.9. The standard InChI is InChI=1S/C15H24O/c1-12(8-10-16)13(2)11-14-7-5-6-9-15(14,3)4/h7-8,11,16H,5-6,9-10H2,1-4H3/b12-8-,13-11+. The van der Waals surface area contributed by atoms with E-state index in [4.69, 9.17) is 5.11 Å². The lowest BCUT2D eigenvalue weighted by Gasteiger charge is -2.30. The van der Waals surface area contributed by atoms with Gasteiger partial charge in [-0.3, -0.25) is 0 Å². The molecule has 1 N–H and O–H groups in total. The molecule has 1 nitrogen and oxygen atoms in total. The third kappa shape index (κ3) is 3.34. The molecule has 0 radical (unpaired) electrons. The molecule has 0 spiro atoms. The van der Waals surface area contributed by atoms with Crippen molar-refractivity contribution < 1.29 is 5.11 Å². The van der Waals surface area contributed by atoms with Gasteiger partial charge in [0, 0.05) is 0 Å². The Bertz CT molecular complexity index is 329. The van der Waals surface area contributed by atoms with E-state index < -0.39 is 0 Å². The van der Waals surface area contributed by atoms with E-state index in [0.717, 1.165) is 0 Å². The van der Waals surface area contributed by atoms with Crippen LogP contribution in [0, 0.1) is 5.41 Å². The molecule has 0 saturated carbocycles. The van der Waals surface area contributed by atoms with Crippen molar-refractivity contribution in [3.63, 3.8) is 0 Å². The lowest BCUT2D eigenvalue weighted by atomic mass is 9.75. The number of aliphatic hydroxyl groups excluding tert-OH is 1. The van der Waals surface area contributed by atoms with E-state index in [-0.39, 0.29) is 6.61 Å². The van der Waals surface area contributed by atoms with Crippen LogP contribution in [0.5, 0.6) is 0 Å². The third-order valence-electron chi connectivity index (χ3n) is 3.54. The average Bonchev–Trinajstić information content (AvgIpc) is 2.21. The Kier molecular flexibility index (Phi) is 4.55. The summed E-state index contributed by atoms with van der Waals surface area (Å²) in [4.78, 5) is 0. The van der Waals surface area contributed by atoms with Crippen molar-refractivity contribution in [1.29, 1.82) is 0 Å². The quantitative estimate of drug-likeness (QED) is 0.713. The van der Waals surface area contributed by atoms with Crippen LogP contribution in [0.25, 0.3) is 0 Å². The minimum absolute atomic E-state index is 0.124. The van der Waals surface area contributed by atoms with Gasteiger partial charge >= 0.3 is 0 Å². The number of rotatable bonds is 3. The maximum absolute atomic E-state index is 8.88. The maximum atomic E-state index is 8.88. The molecule has 0 unspecified atom stereocenters. The van der Waals surface area contributed by atoms with Crippen molar-refractivity contribution in [2.45, 2.75) is 47.0 Å². The van der Waals surface area contributed by atoms with Crippen LogP contribution in [0.2, 0.25) is 0 Å². The van der Waals surface area contributed by atoms with Crippen LogP contribution < -0.4 is 0 Å². The van der Waals surface area contributed by atoms with Gasteiger partial charge in [0.05, 0.1) is 6.61 Å². The van der Waals surface area contributed by atoms with Gasteiger partial charge in [-0.15, -0.1) is 0 Å². The number of hydrogen-bond acceptors (Lipinski definition) is 1. The van der Waals surface area contributed by atoms with Crippen LogP contribution in [-0.4, -0.2) is 11.7 Å². The van der Waals surface area contributed by atoms with Crippen molar-refractivity contribution in [2.24, 2.45) is 5.41 Å². The lowest BCUT2D eigenvalue weighted by Crippen LogP contribution is -2.17. The number of allylic oxidation sites excluding steroid dienone is 5. The highest BCUT2D eigenvalue weighted by Crippen LogP contribution is 2.38. The second kappa shape index (κ2) is 5.49. The van der Waals surface area contributed by atoms with Crippen molar-refractivity contribution in [3.8, 4) is 0 Å². The minimum atomic E-state index is 0.124. The van der Waals surface area contributed by atoms with Crippen LogP contribution in [0.4, 0.5) is 0 Å². The third-order valence-corrected chi connectivity index (χ3v) is 3.54. The van der Waals surface area contributed by atoms with E-state index in [2.05, 4.69) is 39.8 Å². The Morgan fingerprint density at radius 1 is 1.38 bits per heavy atom. The summed E-state index contributed by atoms with van der Waals surface area (Å²) in [6.07, 6.45) is 10.3. The van der Waals surface area contributed by atoms with Gasteiger partial charge in [-0.1, -0.05) is 32.1 Å². The summed E-state index contributed by atoms with van der Waals surface area (Å²) in [5.74, 6) is 0. The predicted molar refractivity (Wildman–Crippen MR) is 70.3 cm³/mol. The van der Waals surface area contributed by atoms with Gasteiger partial charge in [-0.2, -0.15) is 0 Å². The average molecular weight is 220 g/mol. The number of hydrogen-bond donors (Lipinski definition) is 1. The summed E-state index contributed by atoms with van der Waals surface area (Å²) in [5.41, 5.74) is 4.18. The van der Waals surface area contributed by atoms with Gasteiger partial charge in [0.25, 0.3) is 0 Å². The summed E-state index contributed by atoms with van der Waals surface area (Å²) >= 11 is 0. The summed E-state index contributed by atoms with van der Waals surface area (Å²) in [5, 5.41) is 8.88. The monoisotopic (exact) mass is 220 g/mol. The van der Waals surface area contributed by atoms with Gasteiger partial charge in [0.1, 0.15) is 0 Å². The van der Waals surface area contributed by atoms with Crippen LogP contribution in [0.1, 0.15) is 47.0 Å². The number of aliphatic hydroxyl groups is 1. The van der Waals surface area contributed by atoms with Gasteiger partial charge in [0.15, 0.2) is 0 Å². The second-order valence-electron chi connectivity index (χ2n) is 5.33. The molecule has 0 amide bonds. The first-order valence-electron chi connectivity index (χ1n) is 6.14. The first kappa shape index (κ1) is 13.2. The van der Waals surface area contributed by atoms with Crippen molar-refractivity contribution >= 4 is 0 Å². The zero-order valence-electron chi connectivity index (χ0n) is 11.0. The molecule has 0 bridgehead atoms. The first-order chi connectivity index (χ1) is 7.47. The van der Waals surface area contributed by atoms with Crippen LogP contribution >= 0.6 is 0 Å². The molecule has 0 aromatic carbocycles. The smallest absolute Gasteiger partial charge is 0.0618 e. The fourth-order valence-corrected chi connectivity index (χ4v) is 2.12. The van der Waals surface area contributed by atoms with Crippen LogP contribution in [0.15, 0.2) is 34.9 Å². The van der Waals surface area contributed by atoms with Gasteiger partial charge < -0.3 is 5.11 Å². The molecule has 1 aliphatic carbocycles. The van der Waals surface area contributed by atoms with E-state index in [1.165, 1.54) is 36.0 Å². The van der Waals surface area contributed by atoms with E-state index in [0.29, 0.717) is 5.41 Å². The highest BCUT2D eigenvalue weighted by atomic mass is 16.2. The maximum Gasteiger partial charge on any atom is 0.0618 e. The zero-order valence-corrected chi connectivity index (χ0v) is 11.0. The van der Waals surface area contributed by atoms with E-state index in [1.807, 2.05) is 6.08 Å². The van der Waals surface area contributed by atoms with E-state index in [9.17, 15) is 0 Å². The molecular weight excluding hydrogens is 196 g/mol. The van der Waals surface area contributed by atoms with Crippen LogP contribution in [0.3, 0.4) is 0 Å². The van der Waals surface area contributed by atoms with Crippen molar-refractivity contribution in [2.75, 3.05) is 6.61 Å². The topological polar surface area (TPSA) is 20.2 Å². The largest absolute Gasteiger partial charge is 0.392 e. The Morgan fingerprint density at radius 3 is 2.62 bits per heavy atom. The molecular formula is C15H24O. The van der Waals surface area contributed by atoms with Gasteiger partial charge in [0.2, 0.25) is 0 Å². The van der Waals surface area contributed by atoms with Crippen molar-refractivity contribution in [3.05, 3.63) is 34.9 Å². The lowest BCUT2D eigenvalue weighted by molar-refractivity contribution is 0.342. The summed E-state index contributed by atoms with van der Waals surface area (Å²) in [6.45, 7) is 8.92. The van der Waals surface area contributed by atoms with Gasteiger partial charge in [-0.05, 0) is 55.2 Å². The molecule has 1 rings (SSSR count). The summed E-state index contributed by atoms with van der Waals surface area (Å²) < 4.78 is 0. The molecule has 0 heterocycles. The first-order valence-corrected chi connectivity index (χ1v) is 6.14. The molecule has 0 aromatic rings. The second-order valence-corrected chi connectivity index (χ2v) is 5.33. The SMILES string of the molecule is CC(=C/CO)/C(C)=C/C1=CCCCC1(C)C. The Morgan fingerprint density at radius 2 is 2.06 bits per heavy atom. The van der Waals surface area contributed by atoms with E-state index >= 15 is 0 Å². The Balaban J connectivity index is 2.90. The highest BCUT2D eigenvalue weighted by molar-refractivity contribution is 5.37. The molecule has 0 aliphatic heterocycles. The molecule has 1 heteroatoms. The predicted octanol–water partition coefficient (Wildman–Crippen LogP) is 4.01. The highest BCUT2D eigenvalue weighted by Gasteiger charge is 2.23. The van der Waals surface area contributed by atoms with Crippen LogP contribution in [-0.2, 0) is 0 Å². The molecule has 0 fully saturated rings. The minimum Gasteiger partial charge on any atom is -0.392 e. The molecule has 0 atom stereocenters. The fraction of sp³-hybridized carbons (Fsp3) is 0.600.